The van der Waals surface area contributed by atoms with Gasteiger partial charge in [0.1, 0.15) is 11.4 Å². The van der Waals surface area contributed by atoms with E-state index in [0.29, 0.717) is 26.1 Å². The molecule has 7 nitrogen and oxygen atoms in total. The zero-order valence-electron chi connectivity index (χ0n) is 22.2. The van der Waals surface area contributed by atoms with Gasteiger partial charge in [-0.2, -0.15) is 0 Å². The van der Waals surface area contributed by atoms with Crippen molar-refractivity contribution in [2.24, 2.45) is 5.92 Å². The second-order valence-corrected chi connectivity index (χ2v) is 10.9. The molecule has 0 aromatic heterocycles. The Morgan fingerprint density at radius 3 is 2.63 bits per heavy atom. The number of carbonyl (C=O) groups excluding carboxylic acids is 2. The zero-order valence-corrected chi connectivity index (χ0v) is 22.2. The minimum atomic E-state index is -0.518. The van der Waals surface area contributed by atoms with E-state index < -0.39 is 5.60 Å². The number of hydrogen-bond donors (Lipinski definition) is 1. The Kier molecular flexibility index (Phi) is 10.3. The number of fused-ring (bicyclic) bond motifs is 1. The third kappa shape index (κ3) is 9.02. The predicted octanol–water partition coefficient (Wildman–Crippen LogP) is 4.42. The lowest BCUT2D eigenvalue weighted by molar-refractivity contribution is -0.130. The third-order valence-electron chi connectivity index (χ3n) is 6.98. The second kappa shape index (κ2) is 13.1. The first-order valence-corrected chi connectivity index (χ1v) is 13.4. The molecule has 0 radical (unpaired) electrons. The molecule has 0 bridgehead atoms. The molecule has 1 aromatic rings. The molecule has 1 aromatic carbocycles. The fourth-order valence-corrected chi connectivity index (χ4v) is 4.99. The predicted molar refractivity (Wildman–Crippen MR) is 139 cm³/mol. The van der Waals surface area contributed by atoms with Crippen LogP contribution in [0.5, 0.6) is 5.75 Å². The van der Waals surface area contributed by atoms with Gasteiger partial charge in [-0.05, 0) is 108 Å². The maximum absolute atomic E-state index is 12.5. The Morgan fingerprint density at radius 2 is 1.86 bits per heavy atom. The van der Waals surface area contributed by atoms with E-state index in [-0.39, 0.29) is 12.0 Å². The molecule has 35 heavy (non-hydrogen) atoms. The van der Waals surface area contributed by atoms with E-state index in [1.54, 1.807) is 12.0 Å². The van der Waals surface area contributed by atoms with E-state index >= 15 is 0 Å². The Morgan fingerprint density at radius 1 is 1.06 bits per heavy atom. The third-order valence-corrected chi connectivity index (χ3v) is 6.98. The Labute approximate surface area is 211 Å². The normalized spacial score (nSPS) is 18.7. The molecule has 1 aliphatic carbocycles. The molecule has 1 fully saturated rings. The van der Waals surface area contributed by atoms with E-state index in [4.69, 9.17) is 9.47 Å². The lowest BCUT2D eigenvalue weighted by atomic mass is 9.81. The average molecular weight is 488 g/mol. The van der Waals surface area contributed by atoms with Crippen LogP contribution in [0.2, 0.25) is 0 Å². The number of ether oxygens (including phenoxy) is 2. The molecule has 2 aliphatic rings. The first-order chi connectivity index (χ1) is 16.7. The zero-order chi connectivity index (χ0) is 25.3. The molecule has 0 saturated carbocycles. The number of nitrogens with zero attached hydrogens (tertiary/aromatic N) is 2. The van der Waals surface area contributed by atoms with Gasteiger partial charge in [0.15, 0.2) is 0 Å². The van der Waals surface area contributed by atoms with Crippen molar-refractivity contribution in [2.75, 3.05) is 46.4 Å². The first kappa shape index (κ1) is 27.3. The number of carbonyl (C=O) groups is 2. The van der Waals surface area contributed by atoms with Crippen molar-refractivity contribution < 1.29 is 19.1 Å². The standard InChI is InChI=1S/C28H45N3O4/c1-28(2,3)35-27(33)31-17-13-26(32)30(18-19-31)16-6-5-14-29-15-7-8-22-9-10-23-11-12-25(34-4)21-24(23)20-22/h11-12,21-22,29H,5-10,13-20H2,1-4H3. The van der Waals surface area contributed by atoms with Crippen molar-refractivity contribution in [1.82, 2.24) is 15.1 Å². The highest BCUT2D eigenvalue weighted by atomic mass is 16.6. The van der Waals surface area contributed by atoms with E-state index in [0.717, 1.165) is 44.1 Å². The molecule has 1 atom stereocenters. The van der Waals surface area contributed by atoms with Gasteiger partial charge in [0.25, 0.3) is 0 Å². The van der Waals surface area contributed by atoms with Crippen LogP contribution in [-0.4, -0.2) is 73.8 Å². The van der Waals surface area contributed by atoms with Crippen molar-refractivity contribution in [1.29, 1.82) is 0 Å². The van der Waals surface area contributed by atoms with Gasteiger partial charge < -0.3 is 24.6 Å². The minimum Gasteiger partial charge on any atom is -0.497 e. The highest BCUT2D eigenvalue weighted by Gasteiger charge is 2.27. The van der Waals surface area contributed by atoms with Gasteiger partial charge in [-0.3, -0.25) is 4.79 Å². The van der Waals surface area contributed by atoms with Crippen LogP contribution in [0.25, 0.3) is 0 Å². The van der Waals surface area contributed by atoms with Crippen LogP contribution in [0.4, 0.5) is 4.79 Å². The molecule has 1 heterocycles. The van der Waals surface area contributed by atoms with Gasteiger partial charge in [-0.15, -0.1) is 0 Å². The van der Waals surface area contributed by atoms with Gasteiger partial charge >= 0.3 is 6.09 Å². The number of hydrogen-bond acceptors (Lipinski definition) is 5. The van der Waals surface area contributed by atoms with Crippen LogP contribution in [-0.2, 0) is 22.4 Å². The molecule has 1 N–H and O–H groups in total. The summed E-state index contributed by atoms with van der Waals surface area (Å²) < 4.78 is 10.8. The van der Waals surface area contributed by atoms with Crippen LogP contribution in [0.1, 0.15) is 70.4 Å². The smallest absolute Gasteiger partial charge is 0.410 e. The highest BCUT2D eigenvalue weighted by Crippen LogP contribution is 2.30. The molecular formula is C28H45N3O4. The van der Waals surface area contributed by atoms with E-state index in [9.17, 15) is 9.59 Å². The van der Waals surface area contributed by atoms with Crippen molar-refractivity contribution >= 4 is 12.0 Å². The summed E-state index contributed by atoms with van der Waals surface area (Å²) in [4.78, 5) is 28.3. The largest absolute Gasteiger partial charge is 0.497 e. The monoisotopic (exact) mass is 487 g/mol. The van der Waals surface area contributed by atoms with Crippen molar-refractivity contribution in [2.45, 2.75) is 77.7 Å². The van der Waals surface area contributed by atoms with Crippen LogP contribution in [0.3, 0.4) is 0 Å². The van der Waals surface area contributed by atoms with Crippen LogP contribution in [0, 0.1) is 5.92 Å². The maximum Gasteiger partial charge on any atom is 0.410 e. The Hall–Kier alpha value is -2.28. The van der Waals surface area contributed by atoms with Crippen molar-refractivity contribution in [3.63, 3.8) is 0 Å². The van der Waals surface area contributed by atoms with Crippen molar-refractivity contribution in [3.05, 3.63) is 29.3 Å². The number of nitrogens with one attached hydrogen (secondary N) is 1. The number of amides is 2. The molecule has 3 rings (SSSR count). The molecular weight excluding hydrogens is 442 g/mol. The van der Waals surface area contributed by atoms with Crippen LogP contribution >= 0.6 is 0 Å². The maximum atomic E-state index is 12.5. The number of unbranched alkanes of at least 4 members (excludes halogenated alkanes) is 1. The lowest BCUT2D eigenvalue weighted by Crippen LogP contribution is -2.39. The van der Waals surface area contributed by atoms with Crippen molar-refractivity contribution in [3.8, 4) is 5.75 Å². The average Bonchev–Trinajstić information content (AvgIpc) is 3.00. The van der Waals surface area contributed by atoms with Gasteiger partial charge in [0.05, 0.1) is 7.11 Å². The number of aryl methyl sites for hydroxylation is 1. The summed E-state index contributed by atoms with van der Waals surface area (Å²) in [5.74, 6) is 1.87. The van der Waals surface area contributed by atoms with E-state index in [2.05, 4.69) is 23.5 Å². The van der Waals surface area contributed by atoms with E-state index in [1.165, 1.54) is 43.2 Å². The fraction of sp³-hybridized carbons (Fsp3) is 0.714. The summed E-state index contributed by atoms with van der Waals surface area (Å²) in [6.45, 7) is 9.94. The Balaban J connectivity index is 1.25. The fourth-order valence-electron chi connectivity index (χ4n) is 4.99. The lowest BCUT2D eigenvalue weighted by Gasteiger charge is -2.26. The summed E-state index contributed by atoms with van der Waals surface area (Å²) >= 11 is 0. The highest BCUT2D eigenvalue weighted by molar-refractivity contribution is 5.78. The summed E-state index contributed by atoms with van der Waals surface area (Å²) in [6, 6.07) is 6.51. The number of rotatable bonds is 10. The molecule has 2 amide bonds. The molecule has 7 heteroatoms. The first-order valence-electron chi connectivity index (χ1n) is 13.4. The summed E-state index contributed by atoms with van der Waals surface area (Å²) in [5, 5.41) is 3.57. The second-order valence-electron chi connectivity index (χ2n) is 10.9. The topological polar surface area (TPSA) is 71.1 Å². The summed E-state index contributed by atoms with van der Waals surface area (Å²) in [5.41, 5.74) is 2.43. The van der Waals surface area contributed by atoms with Crippen LogP contribution < -0.4 is 10.1 Å². The molecule has 1 unspecified atom stereocenters. The van der Waals surface area contributed by atoms with Gasteiger partial charge in [-0.1, -0.05) is 6.07 Å². The van der Waals surface area contributed by atoms with Crippen LogP contribution in [0.15, 0.2) is 18.2 Å². The minimum absolute atomic E-state index is 0.135. The van der Waals surface area contributed by atoms with Gasteiger partial charge in [0, 0.05) is 32.6 Å². The molecule has 0 spiro atoms. The SMILES string of the molecule is COc1ccc2c(c1)CC(CCCNCCCCN1CCN(C(=O)OC(C)(C)C)CCC1=O)CC2. The quantitative estimate of drug-likeness (QED) is 0.495. The molecule has 1 saturated heterocycles. The van der Waals surface area contributed by atoms with Gasteiger partial charge in [-0.25, -0.2) is 4.79 Å². The molecule has 196 valence electrons. The number of benzene rings is 1. The number of methoxy groups -OCH3 is 1. The molecule has 1 aliphatic heterocycles. The summed E-state index contributed by atoms with van der Waals surface area (Å²) in [6.07, 6.45) is 8.18. The summed E-state index contributed by atoms with van der Waals surface area (Å²) in [7, 11) is 1.74. The van der Waals surface area contributed by atoms with E-state index in [1.807, 2.05) is 25.7 Å². The Bertz CT molecular complexity index is 836. The van der Waals surface area contributed by atoms with Gasteiger partial charge in [0.2, 0.25) is 5.91 Å².